The van der Waals surface area contributed by atoms with Crippen molar-refractivity contribution in [2.45, 2.75) is 6.61 Å². The first-order valence-electron chi connectivity index (χ1n) is 6.93. The van der Waals surface area contributed by atoms with E-state index in [1.165, 1.54) is 6.07 Å². The molecule has 0 saturated heterocycles. The highest BCUT2D eigenvalue weighted by molar-refractivity contribution is 5.96. The van der Waals surface area contributed by atoms with Gasteiger partial charge in [0.05, 0.1) is 0 Å². The maximum Gasteiger partial charge on any atom is 0.271 e. The van der Waals surface area contributed by atoms with Crippen LogP contribution < -0.4 is 10.5 Å². The van der Waals surface area contributed by atoms with Gasteiger partial charge in [0.15, 0.2) is 23.1 Å². The number of primary amides is 1. The van der Waals surface area contributed by atoms with E-state index in [2.05, 4.69) is 15.4 Å². The van der Waals surface area contributed by atoms with Crippen LogP contribution in [0.15, 0.2) is 42.5 Å². The molecule has 0 aliphatic carbocycles. The molecule has 1 aromatic heterocycles. The van der Waals surface area contributed by atoms with Gasteiger partial charge in [-0.15, -0.1) is 0 Å². The summed E-state index contributed by atoms with van der Waals surface area (Å²) in [7, 11) is 0. The number of aromatic amines is 1. The number of carbonyl (C=O) groups is 1. The highest BCUT2D eigenvalue weighted by Crippen LogP contribution is 2.23. The maximum absolute atomic E-state index is 13.5. The number of nitrogens with zero attached hydrogens (tertiary/aromatic N) is 2. The smallest absolute Gasteiger partial charge is 0.271 e. The van der Waals surface area contributed by atoms with Crippen molar-refractivity contribution < 1.29 is 18.3 Å². The van der Waals surface area contributed by atoms with Crippen molar-refractivity contribution >= 4 is 5.91 Å². The third kappa shape index (κ3) is 3.07. The molecule has 0 radical (unpaired) electrons. The number of rotatable bonds is 5. The topological polar surface area (TPSA) is 93.9 Å². The Morgan fingerprint density at radius 1 is 1.08 bits per heavy atom. The second-order valence-corrected chi connectivity index (χ2v) is 4.92. The molecule has 24 heavy (non-hydrogen) atoms. The van der Waals surface area contributed by atoms with Crippen LogP contribution in [0.25, 0.3) is 11.3 Å². The number of H-pyrrole nitrogens is 1. The van der Waals surface area contributed by atoms with Crippen LogP contribution in [0.3, 0.4) is 0 Å². The van der Waals surface area contributed by atoms with E-state index in [9.17, 15) is 13.6 Å². The summed E-state index contributed by atoms with van der Waals surface area (Å²) in [5.74, 6) is -2.64. The molecule has 0 unspecified atom stereocenters. The van der Waals surface area contributed by atoms with Crippen LogP contribution in [0.2, 0.25) is 0 Å². The van der Waals surface area contributed by atoms with Crippen LogP contribution in [0.5, 0.6) is 5.75 Å². The Kier molecular flexibility index (Phi) is 4.19. The lowest BCUT2D eigenvalue weighted by Gasteiger charge is -2.08. The molecule has 0 fully saturated rings. The Bertz CT molecular complexity index is 858. The van der Waals surface area contributed by atoms with Crippen LogP contribution in [0, 0.1) is 11.6 Å². The number of nitrogens with two attached hydrogens (primary N) is 1. The molecule has 0 aliphatic rings. The van der Waals surface area contributed by atoms with Crippen LogP contribution in [-0.2, 0) is 6.61 Å². The number of hydrogen-bond donors (Lipinski definition) is 2. The summed E-state index contributed by atoms with van der Waals surface area (Å²) >= 11 is 0. The molecule has 2 aromatic carbocycles. The zero-order valence-electron chi connectivity index (χ0n) is 12.3. The number of hydrogen-bond acceptors (Lipinski definition) is 4. The molecular weight excluding hydrogens is 318 g/mol. The molecule has 0 atom stereocenters. The molecule has 0 saturated carbocycles. The quantitative estimate of drug-likeness (QED) is 0.751. The maximum atomic E-state index is 13.5. The Morgan fingerprint density at radius 2 is 1.75 bits per heavy atom. The van der Waals surface area contributed by atoms with Crippen molar-refractivity contribution in [2.24, 2.45) is 5.73 Å². The monoisotopic (exact) mass is 330 g/mol. The highest BCUT2D eigenvalue weighted by atomic mass is 19.1. The van der Waals surface area contributed by atoms with Crippen molar-refractivity contribution in [2.75, 3.05) is 0 Å². The molecule has 1 amide bonds. The SMILES string of the molecule is NC(=O)c1n[nH]nc1-c1ccc(COc2c(F)cccc2F)cc1. The third-order valence-corrected chi connectivity index (χ3v) is 3.31. The minimum absolute atomic E-state index is 0.0143. The van der Waals surface area contributed by atoms with Gasteiger partial charge in [0.1, 0.15) is 12.3 Å². The average Bonchev–Trinajstić information content (AvgIpc) is 3.05. The Balaban J connectivity index is 1.75. The van der Waals surface area contributed by atoms with E-state index < -0.39 is 23.3 Å². The third-order valence-electron chi connectivity index (χ3n) is 3.31. The fourth-order valence-corrected chi connectivity index (χ4v) is 2.14. The van der Waals surface area contributed by atoms with Crippen molar-refractivity contribution in [3.05, 3.63) is 65.4 Å². The predicted octanol–water partition coefficient (Wildman–Crippen LogP) is 2.43. The van der Waals surface area contributed by atoms with E-state index in [1.807, 2.05) is 0 Å². The number of para-hydroxylation sites is 1. The van der Waals surface area contributed by atoms with Gasteiger partial charge in [0.25, 0.3) is 5.91 Å². The molecule has 0 spiro atoms. The largest absolute Gasteiger partial charge is 0.483 e. The van der Waals surface area contributed by atoms with Crippen LogP contribution in [0.1, 0.15) is 16.1 Å². The molecule has 6 nitrogen and oxygen atoms in total. The number of amides is 1. The number of aromatic nitrogens is 3. The van der Waals surface area contributed by atoms with Gasteiger partial charge in [0, 0.05) is 5.56 Å². The number of nitrogens with one attached hydrogen (secondary N) is 1. The van der Waals surface area contributed by atoms with Gasteiger partial charge in [-0.1, -0.05) is 30.3 Å². The molecule has 0 aliphatic heterocycles. The standard InChI is InChI=1S/C16H12F2N4O2/c17-11-2-1-3-12(18)15(11)24-8-9-4-6-10(7-5-9)13-14(16(19)23)21-22-20-13/h1-7H,8H2,(H2,19,23)(H,20,21,22). The van der Waals surface area contributed by atoms with Gasteiger partial charge in [-0.2, -0.15) is 15.4 Å². The zero-order chi connectivity index (χ0) is 17.1. The van der Waals surface area contributed by atoms with Crippen molar-refractivity contribution in [1.82, 2.24) is 15.4 Å². The minimum atomic E-state index is -0.764. The molecule has 3 aromatic rings. The van der Waals surface area contributed by atoms with Gasteiger partial charge >= 0.3 is 0 Å². The van der Waals surface area contributed by atoms with E-state index in [0.29, 0.717) is 16.8 Å². The van der Waals surface area contributed by atoms with E-state index in [1.54, 1.807) is 24.3 Å². The van der Waals surface area contributed by atoms with Crippen molar-refractivity contribution in [1.29, 1.82) is 0 Å². The molecule has 8 heteroatoms. The van der Waals surface area contributed by atoms with E-state index >= 15 is 0 Å². The molecule has 122 valence electrons. The first-order chi connectivity index (χ1) is 11.6. The second-order valence-electron chi connectivity index (χ2n) is 4.92. The highest BCUT2D eigenvalue weighted by Gasteiger charge is 2.15. The summed E-state index contributed by atoms with van der Waals surface area (Å²) in [6, 6.07) is 10.2. The van der Waals surface area contributed by atoms with Crippen LogP contribution in [-0.4, -0.2) is 21.3 Å². The average molecular weight is 330 g/mol. The Morgan fingerprint density at radius 3 is 2.38 bits per heavy atom. The van der Waals surface area contributed by atoms with Gasteiger partial charge in [-0.05, 0) is 17.7 Å². The van der Waals surface area contributed by atoms with Crippen molar-refractivity contribution in [3.63, 3.8) is 0 Å². The fraction of sp³-hybridized carbons (Fsp3) is 0.0625. The lowest BCUT2D eigenvalue weighted by molar-refractivity contribution is 0.0996. The normalized spacial score (nSPS) is 10.6. The van der Waals surface area contributed by atoms with E-state index in [-0.39, 0.29) is 12.3 Å². The lowest BCUT2D eigenvalue weighted by Crippen LogP contribution is -2.12. The summed E-state index contributed by atoms with van der Waals surface area (Å²) < 4.78 is 32.2. The summed E-state index contributed by atoms with van der Waals surface area (Å²) in [5, 5.41) is 9.92. The minimum Gasteiger partial charge on any atom is -0.483 e. The number of benzene rings is 2. The van der Waals surface area contributed by atoms with E-state index in [4.69, 9.17) is 10.5 Å². The first kappa shape index (κ1) is 15.6. The molecular formula is C16H12F2N4O2. The van der Waals surface area contributed by atoms with E-state index in [0.717, 1.165) is 12.1 Å². The lowest BCUT2D eigenvalue weighted by atomic mass is 10.1. The molecule has 0 bridgehead atoms. The number of carbonyl (C=O) groups excluding carboxylic acids is 1. The van der Waals surface area contributed by atoms with Gasteiger partial charge in [0.2, 0.25) is 0 Å². The summed E-state index contributed by atoms with van der Waals surface area (Å²) in [6.45, 7) is -0.0143. The number of ether oxygens (including phenoxy) is 1. The summed E-state index contributed by atoms with van der Waals surface area (Å²) in [4.78, 5) is 11.3. The van der Waals surface area contributed by atoms with Crippen LogP contribution >= 0.6 is 0 Å². The number of halogens is 2. The van der Waals surface area contributed by atoms with Gasteiger partial charge < -0.3 is 10.5 Å². The van der Waals surface area contributed by atoms with Crippen LogP contribution in [0.4, 0.5) is 8.78 Å². The first-order valence-corrected chi connectivity index (χ1v) is 6.93. The fourth-order valence-electron chi connectivity index (χ4n) is 2.14. The molecule has 1 heterocycles. The molecule has 3 N–H and O–H groups in total. The predicted molar refractivity (Wildman–Crippen MR) is 81.0 cm³/mol. The summed E-state index contributed by atoms with van der Waals surface area (Å²) in [6.07, 6.45) is 0. The van der Waals surface area contributed by atoms with Gasteiger partial charge in [-0.3, -0.25) is 4.79 Å². The summed E-state index contributed by atoms with van der Waals surface area (Å²) in [5.41, 5.74) is 6.89. The molecule has 3 rings (SSSR count). The second kappa shape index (κ2) is 6.45. The zero-order valence-corrected chi connectivity index (χ0v) is 12.3. The Hall–Kier alpha value is -3.29. The van der Waals surface area contributed by atoms with Crippen molar-refractivity contribution in [3.8, 4) is 17.0 Å². The Labute approximate surface area is 135 Å². The van der Waals surface area contributed by atoms with Gasteiger partial charge in [-0.25, -0.2) is 8.78 Å².